The van der Waals surface area contributed by atoms with Crippen LogP contribution < -0.4 is 0 Å². The molecule has 0 amide bonds. The Bertz CT molecular complexity index is 282. The van der Waals surface area contributed by atoms with E-state index in [0.717, 1.165) is 5.57 Å². The van der Waals surface area contributed by atoms with Crippen LogP contribution in [-0.2, 0) is 47.0 Å². The Labute approximate surface area is 121 Å². The monoisotopic (exact) mass is 301 g/mol. The van der Waals surface area contributed by atoms with E-state index >= 15 is 0 Å². The van der Waals surface area contributed by atoms with E-state index in [1.54, 1.807) is 13.0 Å². The topological polar surface area (TPSA) is 63.6 Å². The summed E-state index contributed by atoms with van der Waals surface area (Å²) in [6.07, 6.45) is 6.28. The summed E-state index contributed by atoms with van der Waals surface area (Å²) in [6, 6.07) is 0. The molecular weight excluding hydrogens is 285 g/mol. The van der Waals surface area contributed by atoms with Crippen molar-refractivity contribution in [2.24, 2.45) is 0 Å². The molecule has 0 aliphatic heterocycles. The Balaban J connectivity index is 0. The third-order valence-electron chi connectivity index (χ3n) is 1.71. The second-order valence-electron chi connectivity index (χ2n) is 3.11. The molecule has 0 aromatic carbocycles. The molecule has 0 rings (SSSR count). The van der Waals surface area contributed by atoms with Crippen LogP contribution in [0.2, 0.25) is 0 Å². The zero-order chi connectivity index (χ0) is 11.7. The van der Waals surface area contributed by atoms with Crippen molar-refractivity contribution in [2.45, 2.75) is 26.2 Å². The third-order valence-corrected chi connectivity index (χ3v) is 1.71. The van der Waals surface area contributed by atoms with E-state index in [-0.39, 0.29) is 51.5 Å². The Kier molecular flexibility index (Phi) is 12.3. The first-order valence-corrected chi connectivity index (χ1v) is 4.65. The summed E-state index contributed by atoms with van der Waals surface area (Å²) >= 11 is 0. The number of allylic oxidation sites excluding steroid dienone is 2. The van der Waals surface area contributed by atoms with Gasteiger partial charge in [0.25, 0.3) is 0 Å². The van der Waals surface area contributed by atoms with Crippen LogP contribution in [0.3, 0.4) is 0 Å². The number of ether oxygens (including phenoxy) is 1. The first-order valence-electron chi connectivity index (χ1n) is 4.65. The number of hydrogen-bond donors (Lipinski definition) is 1. The predicted octanol–water partition coefficient (Wildman–Crippen LogP) is 1.91. The fourth-order valence-corrected chi connectivity index (χ4v) is 0.939. The van der Waals surface area contributed by atoms with E-state index in [0.29, 0.717) is 6.42 Å². The van der Waals surface area contributed by atoms with Crippen molar-refractivity contribution in [3.63, 3.8) is 0 Å². The van der Waals surface area contributed by atoms with E-state index in [9.17, 15) is 9.59 Å². The van der Waals surface area contributed by atoms with Crippen molar-refractivity contribution >= 4 is 11.9 Å². The number of carbonyl (C=O) groups excluding carboxylic acids is 1. The largest absolute Gasteiger partial charge is 0.481 e. The number of esters is 1. The fraction of sp³-hybridized carbons (Fsp3) is 0.455. The van der Waals surface area contributed by atoms with E-state index in [2.05, 4.69) is 4.74 Å². The molecule has 0 heterocycles. The minimum Gasteiger partial charge on any atom is -0.481 e. The Hall–Kier alpha value is -0.476. The molecule has 0 bridgehead atoms. The molecular formula is C11H16O4Y. The van der Waals surface area contributed by atoms with E-state index in [4.69, 9.17) is 5.11 Å². The number of hydrogen-bond acceptors (Lipinski definition) is 3. The van der Waals surface area contributed by atoms with Crippen LogP contribution in [0.4, 0.5) is 0 Å². The van der Waals surface area contributed by atoms with Crippen LogP contribution >= 0.6 is 0 Å². The van der Waals surface area contributed by atoms with Gasteiger partial charge in [-0.05, 0) is 13.3 Å². The van der Waals surface area contributed by atoms with Crippen molar-refractivity contribution in [1.29, 1.82) is 0 Å². The van der Waals surface area contributed by atoms with E-state index in [1.165, 1.54) is 7.11 Å². The Morgan fingerprint density at radius 1 is 1.31 bits per heavy atom. The first kappa shape index (κ1) is 17.9. The fourth-order valence-electron chi connectivity index (χ4n) is 0.939. The first-order chi connectivity index (χ1) is 7.06. The molecule has 0 aliphatic carbocycles. The molecule has 0 saturated heterocycles. The molecule has 0 aromatic rings. The van der Waals surface area contributed by atoms with Gasteiger partial charge in [-0.2, -0.15) is 0 Å². The average Bonchev–Trinajstić information content (AvgIpc) is 2.15. The number of methoxy groups -OCH3 is 1. The third kappa shape index (κ3) is 11.6. The summed E-state index contributed by atoms with van der Waals surface area (Å²) in [4.78, 5) is 21.0. The molecule has 0 saturated carbocycles. The van der Waals surface area contributed by atoms with Crippen molar-refractivity contribution in [3.05, 3.63) is 23.8 Å². The number of carboxylic acids is 1. The van der Waals surface area contributed by atoms with Crippen LogP contribution in [0.5, 0.6) is 0 Å². The zero-order valence-electron chi connectivity index (χ0n) is 9.60. The van der Waals surface area contributed by atoms with Gasteiger partial charge in [0, 0.05) is 32.7 Å². The Morgan fingerprint density at radius 2 is 1.94 bits per heavy atom. The van der Waals surface area contributed by atoms with Crippen LogP contribution in [-0.4, -0.2) is 24.2 Å². The van der Waals surface area contributed by atoms with Gasteiger partial charge in [0.1, 0.15) is 0 Å². The van der Waals surface area contributed by atoms with Gasteiger partial charge < -0.3 is 9.84 Å². The maximum Gasteiger partial charge on any atom is 0.309 e. The summed E-state index contributed by atoms with van der Waals surface area (Å²) in [5.74, 6) is -1.11. The molecule has 0 unspecified atom stereocenters. The van der Waals surface area contributed by atoms with Gasteiger partial charge >= 0.3 is 11.9 Å². The molecule has 0 spiro atoms. The summed E-state index contributed by atoms with van der Waals surface area (Å²) in [5.41, 5.74) is 0.810. The van der Waals surface area contributed by atoms with Gasteiger partial charge in [-0.25, -0.2) is 0 Å². The molecule has 0 aromatic heterocycles. The molecule has 0 atom stereocenters. The van der Waals surface area contributed by atoms with Gasteiger partial charge in [-0.3, -0.25) is 9.59 Å². The molecule has 16 heavy (non-hydrogen) atoms. The summed E-state index contributed by atoms with van der Waals surface area (Å²) in [6.45, 7) is 1.77. The van der Waals surface area contributed by atoms with E-state index < -0.39 is 5.97 Å². The molecule has 5 heteroatoms. The van der Waals surface area contributed by atoms with Crippen molar-refractivity contribution in [2.75, 3.05) is 7.11 Å². The van der Waals surface area contributed by atoms with Crippen LogP contribution in [0.1, 0.15) is 26.2 Å². The maximum atomic E-state index is 10.7. The summed E-state index contributed by atoms with van der Waals surface area (Å²) in [7, 11) is 1.34. The predicted molar refractivity (Wildman–Crippen MR) is 56.4 cm³/mol. The van der Waals surface area contributed by atoms with Crippen LogP contribution in [0.25, 0.3) is 0 Å². The van der Waals surface area contributed by atoms with Gasteiger partial charge in [-0.1, -0.05) is 23.8 Å². The Morgan fingerprint density at radius 3 is 2.44 bits per heavy atom. The second-order valence-corrected chi connectivity index (χ2v) is 3.11. The number of carboxylic acid groups (broad SMARTS) is 1. The molecule has 87 valence electrons. The van der Waals surface area contributed by atoms with Crippen molar-refractivity contribution in [1.82, 2.24) is 0 Å². The van der Waals surface area contributed by atoms with Crippen molar-refractivity contribution < 1.29 is 52.1 Å². The standard InChI is InChI=1S/C11H16O4.Y/c1-9(8-10(12)13)6-4-3-5-7-11(14)15-2;/h3,5-6H,4,7-8H2,1-2H3,(H,12,13);/b5-3+,9-6+;. The van der Waals surface area contributed by atoms with Crippen LogP contribution in [0, 0.1) is 0 Å². The molecule has 1 N–H and O–H groups in total. The molecule has 4 nitrogen and oxygen atoms in total. The summed E-state index contributed by atoms with van der Waals surface area (Å²) in [5, 5.41) is 8.47. The number of carbonyl (C=O) groups is 2. The molecule has 0 fully saturated rings. The smallest absolute Gasteiger partial charge is 0.309 e. The van der Waals surface area contributed by atoms with Gasteiger partial charge in [-0.15, -0.1) is 0 Å². The van der Waals surface area contributed by atoms with Gasteiger partial charge in [0.15, 0.2) is 0 Å². The maximum absolute atomic E-state index is 10.7. The quantitative estimate of drug-likeness (QED) is 0.601. The van der Waals surface area contributed by atoms with Gasteiger partial charge in [0.2, 0.25) is 0 Å². The van der Waals surface area contributed by atoms with E-state index in [1.807, 2.05) is 12.2 Å². The summed E-state index contributed by atoms with van der Waals surface area (Å²) < 4.78 is 4.45. The minimum absolute atomic E-state index is 0. The average molecular weight is 301 g/mol. The number of aliphatic carboxylic acids is 1. The minimum atomic E-state index is -0.831. The zero-order valence-corrected chi connectivity index (χ0v) is 12.4. The number of rotatable bonds is 6. The van der Waals surface area contributed by atoms with Crippen molar-refractivity contribution in [3.8, 4) is 0 Å². The molecule has 0 aliphatic rings. The van der Waals surface area contributed by atoms with Crippen LogP contribution in [0.15, 0.2) is 23.8 Å². The van der Waals surface area contributed by atoms with Gasteiger partial charge in [0.05, 0.1) is 20.0 Å². The second kappa shape index (κ2) is 11.0. The molecule has 1 radical (unpaired) electrons. The SMILES string of the molecule is COC(=O)C/C=C/C/C=C(\C)CC(=O)O.[Y]. The normalized spacial score (nSPS) is 11.0.